The molecule has 0 radical (unpaired) electrons. The van der Waals surface area contributed by atoms with Crippen LogP contribution in [-0.2, 0) is 13.0 Å². The van der Waals surface area contributed by atoms with Crippen LogP contribution in [0.25, 0.3) is 0 Å². The average Bonchev–Trinajstić information content (AvgIpc) is 3.10. The SMILES string of the molecule is CC(Cc1ccc(O)cc1)NC(=O)c1ccccc1Cn1cncn1. The number of amides is 1. The Morgan fingerprint density at radius 3 is 2.68 bits per heavy atom. The van der Waals surface area contributed by atoms with Crippen LogP contribution in [0.2, 0.25) is 0 Å². The number of phenolic OH excluding ortho intramolecular Hbond substituents is 1. The molecule has 25 heavy (non-hydrogen) atoms. The normalized spacial score (nSPS) is 11.9. The molecule has 1 unspecified atom stereocenters. The van der Waals surface area contributed by atoms with Gasteiger partial charge in [-0.25, -0.2) is 9.67 Å². The fraction of sp³-hybridized carbons (Fsp3) is 0.211. The van der Waals surface area contributed by atoms with E-state index in [9.17, 15) is 9.90 Å². The Balaban J connectivity index is 1.67. The van der Waals surface area contributed by atoms with Gasteiger partial charge in [-0.05, 0) is 42.7 Å². The van der Waals surface area contributed by atoms with Crippen molar-refractivity contribution in [2.45, 2.75) is 25.9 Å². The number of hydrogen-bond donors (Lipinski definition) is 2. The van der Waals surface area contributed by atoms with E-state index in [2.05, 4.69) is 15.4 Å². The number of benzene rings is 2. The zero-order valence-corrected chi connectivity index (χ0v) is 14.0. The molecule has 0 fully saturated rings. The Morgan fingerprint density at radius 2 is 1.96 bits per heavy atom. The molecule has 0 spiro atoms. The predicted molar refractivity (Wildman–Crippen MR) is 94.3 cm³/mol. The van der Waals surface area contributed by atoms with Crippen LogP contribution in [-0.4, -0.2) is 31.8 Å². The summed E-state index contributed by atoms with van der Waals surface area (Å²) in [7, 11) is 0. The van der Waals surface area contributed by atoms with Gasteiger partial charge in [-0.1, -0.05) is 30.3 Å². The maximum Gasteiger partial charge on any atom is 0.251 e. The Hall–Kier alpha value is -3.15. The zero-order valence-electron chi connectivity index (χ0n) is 14.0. The second kappa shape index (κ2) is 7.61. The van der Waals surface area contributed by atoms with E-state index in [4.69, 9.17) is 0 Å². The first-order valence-electron chi connectivity index (χ1n) is 8.11. The summed E-state index contributed by atoms with van der Waals surface area (Å²) in [4.78, 5) is 16.6. The van der Waals surface area contributed by atoms with Crippen LogP contribution < -0.4 is 5.32 Å². The monoisotopic (exact) mass is 336 g/mol. The standard InChI is InChI=1S/C19H20N4O2/c1-14(10-15-6-8-17(24)9-7-15)22-19(25)18-5-3-2-4-16(18)11-23-13-20-12-21-23/h2-9,12-14,24H,10-11H2,1H3,(H,22,25). The largest absolute Gasteiger partial charge is 0.508 e. The molecule has 0 saturated heterocycles. The van der Waals surface area contributed by atoms with Gasteiger partial charge in [-0.3, -0.25) is 4.79 Å². The molecule has 0 aliphatic heterocycles. The van der Waals surface area contributed by atoms with Crippen LogP contribution in [0.3, 0.4) is 0 Å². The van der Waals surface area contributed by atoms with Crippen molar-refractivity contribution in [3.63, 3.8) is 0 Å². The molecule has 128 valence electrons. The molecule has 3 aromatic rings. The first-order chi connectivity index (χ1) is 12.1. The number of nitrogens with one attached hydrogen (secondary N) is 1. The zero-order chi connectivity index (χ0) is 17.6. The van der Waals surface area contributed by atoms with Gasteiger partial charge in [0, 0.05) is 11.6 Å². The van der Waals surface area contributed by atoms with Gasteiger partial charge < -0.3 is 10.4 Å². The van der Waals surface area contributed by atoms with Crippen molar-refractivity contribution in [1.82, 2.24) is 20.1 Å². The summed E-state index contributed by atoms with van der Waals surface area (Å²) in [5, 5.41) is 16.5. The molecule has 0 saturated carbocycles. The topological polar surface area (TPSA) is 80.0 Å². The molecule has 1 atom stereocenters. The van der Waals surface area contributed by atoms with Crippen LogP contribution in [0.5, 0.6) is 5.75 Å². The van der Waals surface area contributed by atoms with Gasteiger partial charge in [-0.2, -0.15) is 5.10 Å². The first-order valence-corrected chi connectivity index (χ1v) is 8.11. The molecule has 0 aliphatic rings. The van der Waals surface area contributed by atoms with E-state index in [-0.39, 0.29) is 17.7 Å². The van der Waals surface area contributed by atoms with Gasteiger partial charge in [0.2, 0.25) is 0 Å². The van der Waals surface area contributed by atoms with Crippen molar-refractivity contribution in [3.8, 4) is 5.75 Å². The minimum Gasteiger partial charge on any atom is -0.508 e. The highest BCUT2D eigenvalue weighted by molar-refractivity contribution is 5.95. The van der Waals surface area contributed by atoms with Crippen LogP contribution in [0.4, 0.5) is 0 Å². The lowest BCUT2D eigenvalue weighted by molar-refractivity contribution is 0.0939. The number of phenols is 1. The van der Waals surface area contributed by atoms with Crippen LogP contribution >= 0.6 is 0 Å². The summed E-state index contributed by atoms with van der Waals surface area (Å²) in [5.41, 5.74) is 2.58. The molecule has 1 heterocycles. The van der Waals surface area contributed by atoms with Crippen LogP contribution in [0.15, 0.2) is 61.2 Å². The summed E-state index contributed by atoms with van der Waals surface area (Å²) in [6.07, 6.45) is 3.79. The molecule has 6 nitrogen and oxygen atoms in total. The molecule has 1 amide bonds. The highest BCUT2D eigenvalue weighted by Gasteiger charge is 2.14. The van der Waals surface area contributed by atoms with Crippen molar-refractivity contribution >= 4 is 5.91 Å². The number of nitrogens with zero attached hydrogens (tertiary/aromatic N) is 3. The van der Waals surface area contributed by atoms with Gasteiger partial charge in [-0.15, -0.1) is 0 Å². The van der Waals surface area contributed by atoms with Crippen molar-refractivity contribution in [3.05, 3.63) is 77.9 Å². The molecule has 1 aromatic heterocycles. The van der Waals surface area contributed by atoms with E-state index in [1.807, 2.05) is 43.3 Å². The molecule has 2 aromatic carbocycles. The summed E-state index contributed by atoms with van der Waals surface area (Å²) >= 11 is 0. The molecular formula is C19H20N4O2. The fourth-order valence-corrected chi connectivity index (χ4v) is 2.71. The minimum absolute atomic E-state index is 0.0310. The summed E-state index contributed by atoms with van der Waals surface area (Å²) in [6.45, 7) is 2.46. The van der Waals surface area contributed by atoms with Crippen molar-refractivity contribution in [2.75, 3.05) is 0 Å². The lowest BCUT2D eigenvalue weighted by Gasteiger charge is -2.16. The smallest absolute Gasteiger partial charge is 0.251 e. The fourth-order valence-electron chi connectivity index (χ4n) is 2.71. The van der Waals surface area contributed by atoms with Crippen LogP contribution in [0.1, 0.15) is 28.4 Å². The van der Waals surface area contributed by atoms with Crippen molar-refractivity contribution in [1.29, 1.82) is 0 Å². The van der Waals surface area contributed by atoms with Gasteiger partial charge in [0.15, 0.2) is 0 Å². The molecule has 0 aliphatic carbocycles. The van der Waals surface area contributed by atoms with Crippen molar-refractivity contribution < 1.29 is 9.90 Å². The number of carbonyl (C=O) groups is 1. The highest BCUT2D eigenvalue weighted by atomic mass is 16.3. The Bertz CT molecular complexity index is 829. The molecular weight excluding hydrogens is 316 g/mol. The lowest BCUT2D eigenvalue weighted by Crippen LogP contribution is -2.34. The Labute approximate surface area is 146 Å². The molecule has 2 N–H and O–H groups in total. The van der Waals surface area contributed by atoms with E-state index >= 15 is 0 Å². The number of rotatable bonds is 6. The van der Waals surface area contributed by atoms with Gasteiger partial charge in [0.05, 0.1) is 6.54 Å². The third-order valence-electron chi connectivity index (χ3n) is 3.92. The second-order valence-electron chi connectivity index (χ2n) is 6.00. The Morgan fingerprint density at radius 1 is 1.20 bits per heavy atom. The van der Waals surface area contributed by atoms with Gasteiger partial charge in [0.1, 0.15) is 18.4 Å². The lowest BCUT2D eigenvalue weighted by atomic mass is 10.0. The second-order valence-corrected chi connectivity index (χ2v) is 6.00. The molecule has 6 heteroatoms. The first kappa shape index (κ1) is 16.7. The number of aromatic hydroxyl groups is 1. The third-order valence-corrected chi connectivity index (χ3v) is 3.92. The van der Waals surface area contributed by atoms with Crippen molar-refractivity contribution in [2.24, 2.45) is 0 Å². The number of aromatic nitrogens is 3. The summed E-state index contributed by atoms with van der Waals surface area (Å²) in [6, 6.07) is 14.5. The highest BCUT2D eigenvalue weighted by Crippen LogP contribution is 2.13. The average molecular weight is 336 g/mol. The summed E-state index contributed by atoms with van der Waals surface area (Å²) in [5.74, 6) is 0.129. The van der Waals surface area contributed by atoms with Gasteiger partial charge >= 0.3 is 0 Å². The Kier molecular flexibility index (Phi) is 5.09. The molecule has 0 bridgehead atoms. The maximum atomic E-state index is 12.7. The van der Waals surface area contributed by atoms with Crippen LogP contribution in [0, 0.1) is 0 Å². The third kappa shape index (κ3) is 4.44. The van der Waals surface area contributed by atoms with E-state index in [0.29, 0.717) is 18.5 Å². The van der Waals surface area contributed by atoms with E-state index in [1.165, 1.54) is 6.33 Å². The van der Waals surface area contributed by atoms with Gasteiger partial charge in [0.25, 0.3) is 5.91 Å². The molecule has 3 rings (SSSR count). The quantitative estimate of drug-likeness (QED) is 0.724. The maximum absolute atomic E-state index is 12.7. The number of hydrogen-bond acceptors (Lipinski definition) is 4. The predicted octanol–water partition coefficient (Wildman–Crippen LogP) is 2.39. The minimum atomic E-state index is -0.109. The van der Waals surface area contributed by atoms with E-state index < -0.39 is 0 Å². The number of carbonyl (C=O) groups excluding carboxylic acids is 1. The van der Waals surface area contributed by atoms with E-state index in [0.717, 1.165) is 11.1 Å². The summed E-state index contributed by atoms with van der Waals surface area (Å²) < 4.78 is 1.69. The van der Waals surface area contributed by atoms with E-state index in [1.54, 1.807) is 23.1 Å².